The molecule has 0 unspecified atom stereocenters. The molecule has 7 heteroatoms. The Hall–Kier alpha value is -2.57. The van der Waals surface area contributed by atoms with Crippen LogP contribution < -0.4 is 20.9 Å². The first-order valence-electron chi connectivity index (χ1n) is 7.34. The van der Waals surface area contributed by atoms with E-state index in [4.69, 9.17) is 16.3 Å². The average Bonchev–Trinajstić information content (AvgIpc) is 2.96. The van der Waals surface area contributed by atoms with Gasteiger partial charge in [0.05, 0.1) is 13.2 Å². The van der Waals surface area contributed by atoms with E-state index in [1.54, 1.807) is 43.5 Å². The van der Waals surface area contributed by atoms with Gasteiger partial charge in [0.15, 0.2) is 0 Å². The molecule has 1 saturated heterocycles. The van der Waals surface area contributed by atoms with Crippen molar-refractivity contribution in [2.24, 2.45) is 0 Å². The van der Waals surface area contributed by atoms with E-state index in [-0.39, 0.29) is 17.9 Å². The van der Waals surface area contributed by atoms with Crippen molar-refractivity contribution in [1.29, 1.82) is 0 Å². The largest absolute Gasteiger partial charge is 0.497 e. The second kappa shape index (κ2) is 6.90. The van der Waals surface area contributed by atoms with Crippen molar-refractivity contribution in [3.63, 3.8) is 0 Å². The number of ether oxygens (including phenoxy) is 1. The molecule has 2 amide bonds. The lowest BCUT2D eigenvalue weighted by atomic mass is 10.00. The molecule has 1 fully saturated rings. The smallest absolute Gasteiger partial charge is 0.258 e. The number of hydrogen-bond acceptors (Lipinski definition) is 4. The van der Waals surface area contributed by atoms with Crippen LogP contribution in [-0.4, -0.2) is 25.0 Å². The first-order valence-corrected chi connectivity index (χ1v) is 7.72. The predicted octanol–water partition coefficient (Wildman–Crippen LogP) is 1.82. The van der Waals surface area contributed by atoms with Gasteiger partial charge in [-0.1, -0.05) is 23.7 Å². The molecule has 2 aromatic carbocycles. The zero-order valence-electron chi connectivity index (χ0n) is 12.9. The second-order valence-electron chi connectivity index (χ2n) is 5.34. The zero-order chi connectivity index (χ0) is 17.1. The van der Waals surface area contributed by atoms with Crippen LogP contribution in [0, 0.1) is 0 Å². The Balaban J connectivity index is 1.77. The summed E-state index contributed by atoms with van der Waals surface area (Å²) in [5.74, 6) is 0.0879. The summed E-state index contributed by atoms with van der Waals surface area (Å²) in [5, 5.41) is 3.30. The van der Waals surface area contributed by atoms with Crippen molar-refractivity contribution in [2.75, 3.05) is 7.11 Å². The van der Waals surface area contributed by atoms with E-state index >= 15 is 0 Å². The van der Waals surface area contributed by atoms with Gasteiger partial charge in [0, 0.05) is 10.6 Å². The minimum atomic E-state index is -0.721. The topological polar surface area (TPSA) is 79.5 Å². The molecule has 2 atom stereocenters. The molecule has 2 aromatic rings. The van der Waals surface area contributed by atoms with Crippen LogP contribution in [0.15, 0.2) is 48.5 Å². The Labute approximate surface area is 144 Å². The number of carbonyl (C=O) groups is 2. The van der Waals surface area contributed by atoms with E-state index < -0.39 is 6.04 Å². The average molecular weight is 346 g/mol. The van der Waals surface area contributed by atoms with Gasteiger partial charge < -0.3 is 10.1 Å². The summed E-state index contributed by atoms with van der Waals surface area (Å²) in [4.78, 5) is 24.4. The molecule has 0 aromatic heterocycles. The van der Waals surface area contributed by atoms with E-state index in [1.807, 2.05) is 12.1 Å². The maximum Gasteiger partial charge on any atom is 0.258 e. The third kappa shape index (κ3) is 3.34. The molecule has 6 nitrogen and oxygen atoms in total. The summed E-state index contributed by atoms with van der Waals surface area (Å²) in [6.45, 7) is 0. The number of methoxy groups -OCH3 is 1. The normalized spacial score (nSPS) is 19.7. The van der Waals surface area contributed by atoms with Crippen LogP contribution in [0.25, 0.3) is 0 Å². The molecule has 24 heavy (non-hydrogen) atoms. The lowest BCUT2D eigenvalue weighted by Crippen LogP contribution is -2.42. The van der Waals surface area contributed by atoms with Gasteiger partial charge in [-0.25, -0.2) is 5.43 Å². The van der Waals surface area contributed by atoms with E-state index in [2.05, 4.69) is 16.2 Å². The number of halogens is 1. The number of nitrogens with one attached hydrogen (secondary N) is 3. The summed E-state index contributed by atoms with van der Waals surface area (Å²) in [7, 11) is 1.59. The number of hydrogen-bond donors (Lipinski definition) is 3. The fourth-order valence-corrected chi connectivity index (χ4v) is 2.65. The Morgan fingerprint density at radius 1 is 1.12 bits per heavy atom. The van der Waals surface area contributed by atoms with Crippen LogP contribution in [0.5, 0.6) is 5.75 Å². The molecule has 1 heterocycles. The second-order valence-corrected chi connectivity index (χ2v) is 5.78. The quantitative estimate of drug-likeness (QED) is 0.789. The standard InChI is InChI=1S/C17H16ClN3O3/c1-24-13-8-4-10(5-9-13)14-15(17(23)21-20-14)19-16(22)11-2-6-12(18)7-3-11/h2-9,14-15,20H,1H3,(H,19,22)(H,21,23)/t14-,15-/m1/s1. The molecule has 0 bridgehead atoms. The minimum Gasteiger partial charge on any atom is -0.497 e. The number of carbonyl (C=O) groups excluding carboxylic acids is 2. The third-order valence-electron chi connectivity index (χ3n) is 3.83. The number of rotatable bonds is 4. The summed E-state index contributed by atoms with van der Waals surface area (Å²) < 4.78 is 5.13. The first kappa shape index (κ1) is 16.3. The predicted molar refractivity (Wildman–Crippen MR) is 89.7 cm³/mol. The Kier molecular flexibility index (Phi) is 4.69. The summed E-state index contributed by atoms with van der Waals surface area (Å²) >= 11 is 5.82. The van der Waals surface area contributed by atoms with Gasteiger partial charge in [0.2, 0.25) is 0 Å². The van der Waals surface area contributed by atoms with Gasteiger partial charge in [-0.15, -0.1) is 0 Å². The molecule has 0 spiro atoms. The van der Waals surface area contributed by atoms with E-state index in [1.165, 1.54) is 0 Å². The van der Waals surface area contributed by atoms with E-state index in [9.17, 15) is 9.59 Å². The zero-order valence-corrected chi connectivity index (χ0v) is 13.6. The van der Waals surface area contributed by atoms with Crippen LogP contribution in [0.4, 0.5) is 0 Å². The SMILES string of the molecule is COc1ccc([C@H]2NNC(=O)[C@@H]2NC(=O)c2ccc(Cl)cc2)cc1. The maximum absolute atomic E-state index is 12.4. The van der Waals surface area contributed by atoms with Gasteiger partial charge in [-0.2, -0.15) is 0 Å². The minimum absolute atomic E-state index is 0.293. The highest BCUT2D eigenvalue weighted by molar-refractivity contribution is 6.30. The lowest BCUT2D eigenvalue weighted by molar-refractivity contribution is -0.121. The van der Waals surface area contributed by atoms with Crippen molar-refractivity contribution in [1.82, 2.24) is 16.2 Å². The van der Waals surface area contributed by atoms with Crippen LogP contribution in [0.1, 0.15) is 22.0 Å². The number of hydrazine groups is 1. The molecule has 0 saturated carbocycles. The Morgan fingerprint density at radius 3 is 2.42 bits per heavy atom. The Bertz CT molecular complexity index is 747. The van der Waals surface area contributed by atoms with Crippen molar-refractivity contribution >= 4 is 23.4 Å². The van der Waals surface area contributed by atoms with Crippen molar-refractivity contribution in [3.05, 3.63) is 64.7 Å². The summed E-state index contributed by atoms with van der Waals surface area (Å²) in [6.07, 6.45) is 0. The number of benzene rings is 2. The highest BCUT2D eigenvalue weighted by Gasteiger charge is 2.36. The summed E-state index contributed by atoms with van der Waals surface area (Å²) in [6, 6.07) is 12.7. The summed E-state index contributed by atoms with van der Waals surface area (Å²) in [5.41, 5.74) is 6.75. The molecule has 0 aliphatic carbocycles. The van der Waals surface area contributed by atoms with Crippen LogP contribution in [-0.2, 0) is 4.79 Å². The van der Waals surface area contributed by atoms with E-state index in [0.29, 0.717) is 10.6 Å². The maximum atomic E-state index is 12.4. The van der Waals surface area contributed by atoms with Crippen molar-refractivity contribution < 1.29 is 14.3 Å². The van der Waals surface area contributed by atoms with Gasteiger partial charge in [0.1, 0.15) is 11.8 Å². The molecule has 3 N–H and O–H groups in total. The molecule has 1 aliphatic rings. The van der Waals surface area contributed by atoms with Crippen LogP contribution in [0.3, 0.4) is 0 Å². The molecule has 3 rings (SSSR count). The van der Waals surface area contributed by atoms with Crippen molar-refractivity contribution in [2.45, 2.75) is 12.1 Å². The molecular formula is C17H16ClN3O3. The first-order chi connectivity index (χ1) is 11.6. The Morgan fingerprint density at radius 2 is 1.79 bits per heavy atom. The van der Waals surface area contributed by atoms with Gasteiger partial charge in [-0.3, -0.25) is 15.0 Å². The molecule has 1 aliphatic heterocycles. The lowest BCUT2D eigenvalue weighted by Gasteiger charge is -2.18. The molecule has 124 valence electrons. The highest BCUT2D eigenvalue weighted by Crippen LogP contribution is 2.23. The van der Waals surface area contributed by atoms with Crippen LogP contribution in [0.2, 0.25) is 5.02 Å². The fraction of sp³-hybridized carbons (Fsp3) is 0.176. The molecule has 0 radical (unpaired) electrons. The fourth-order valence-electron chi connectivity index (χ4n) is 2.52. The van der Waals surface area contributed by atoms with Gasteiger partial charge in [-0.05, 0) is 42.0 Å². The monoisotopic (exact) mass is 345 g/mol. The van der Waals surface area contributed by atoms with E-state index in [0.717, 1.165) is 11.3 Å². The van der Waals surface area contributed by atoms with Crippen molar-refractivity contribution in [3.8, 4) is 5.75 Å². The van der Waals surface area contributed by atoms with Gasteiger partial charge >= 0.3 is 0 Å². The highest BCUT2D eigenvalue weighted by atomic mass is 35.5. The number of amides is 2. The van der Waals surface area contributed by atoms with Crippen LogP contribution >= 0.6 is 11.6 Å². The van der Waals surface area contributed by atoms with Gasteiger partial charge in [0.25, 0.3) is 11.8 Å². The third-order valence-corrected chi connectivity index (χ3v) is 4.09. The molecular weight excluding hydrogens is 330 g/mol.